The zero-order valence-electron chi connectivity index (χ0n) is 27.8. The molecule has 6 aromatic rings. The predicted octanol–water partition coefficient (Wildman–Crippen LogP) is 10.8. The average molecular weight is 684 g/mol. The van der Waals surface area contributed by atoms with Crippen LogP contribution >= 0.6 is 23.2 Å². The highest BCUT2D eigenvalue weighted by molar-refractivity contribution is 6.31. The molecule has 0 radical (unpaired) electrons. The molecule has 0 saturated carbocycles. The number of amidine groups is 1. The molecule has 5 aromatic carbocycles. The van der Waals surface area contributed by atoms with Gasteiger partial charge in [0.05, 0.1) is 23.5 Å². The normalized spacial score (nSPS) is 11.9. The Labute approximate surface area is 299 Å². The van der Waals surface area contributed by atoms with Crippen LogP contribution in [0.25, 0.3) is 11.1 Å². The minimum absolute atomic E-state index is 0.320. The van der Waals surface area contributed by atoms with Crippen molar-refractivity contribution in [3.05, 3.63) is 184 Å². The van der Waals surface area contributed by atoms with E-state index >= 15 is 0 Å². The molecule has 1 aromatic heterocycles. The summed E-state index contributed by atoms with van der Waals surface area (Å²) in [6.45, 7) is 7.27. The molecule has 0 unspecified atom stereocenters. The first-order chi connectivity index (χ1) is 24.1. The van der Waals surface area contributed by atoms with Crippen LogP contribution in [0.1, 0.15) is 59.1 Å². The van der Waals surface area contributed by atoms with Crippen LogP contribution in [-0.2, 0) is 24.3 Å². The molecule has 6 heteroatoms. The fraction of sp³-hybridized carbons (Fsp3) is 0.186. The van der Waals surface area contributed by atoms with E-state index in [0.717, 1.165) is 69.7 Å². The molecule has 49 heavy (non-hydrogen) atoms. The van der Waals surface area contributed by atoms with Crippen LogP contribution < -0.4 is 0 Å². The van der Waals surface area contributed by atoms with Gasteiger partial charge in [0.1, 0.15) is 5.82 Å². The molecule has 4 nitrogen and oxygen atoms in total. The summed E-state index contributed by atoms with van der Waals surface area (Å²) in [5.74, 6) is 1.90. The summed E-state index contributed by atoms with van der Waals surface area (Å²) < 4.78 is 2.17. The molecule has 0 aliphatic rings. The van der Waals surface area contributed by atoms with E-state index in [1.807, 2.05) is 6.07 Å². The molecule has 0 atom stereocenters. The first-order valence-corrected chi connectivity index (χ1v) is 17.7. The van der Waals surface area contributed by atoms with Gasteiger partial charge in [0.15, 0.2) is 11.0 Å². The molecule has 246 valence electrons. The van der Waals surface area contributed by atoms with Gasteiger partial charge in [-0.15, -0.1) is 11.6 Å². The lowest BCUT2D eigenvalue weighted by atomic mass is 9.69. The maximum Gasteiger partial charge on any atom is 0.154 e. The highest BCUT2D eigenvalue weighted by Crippen LogP contribution is 2.40. The van der Waals surface area contributed by atoms with Crippen LogP contribution in [0.5, 0.6) is 0 Å². The third-order valence-electron chi connectivity index (χ3n) is 9.17. The van der Waals surface area contributed by atoms with Gasteiger partial charge in [0, 0.05) is 18.5 Å². The number of halogens is 2. The molecule has 0 N–H and O–H groups in total. The Balaban J connectivity index is 1.37. The standard InChI is InChI=1S/C43H40Cl2N4/c1-3-4-24-40-48-41(45)39(29-44)49(40)30-32-25-27-33(28-26-32)37-22-14-15-23-38(37)42(46-2)47-31-43(34-16-8-5-9-17-34,35-18-10-6-11-19-35)36-20-12-7-13-21-36/h5-23,25-28H,2-4,24,29-31H2,1H3. The van der Waals surface area contributed by atoms with Gasteiger partial charge in [0.25, 0.3) is 0 Å². The van der Waals surface area contributed by atoms with Crippen molar-refractivity contribution in [1.82, 2.24) is 9.55 Å². The summed E-state index contributed by atoms with van der Waals surface area (Å²) in [5.41, 5.74) is 8.01. The molecular weight excluding hydrogens is 643 g/mol. The van der Waals surface area contributed by atoms with E-state index in [0.29, 0.717) is 30.0 Å². The Hall–Kier alpha value is -4.77. The largest absolute Gasteiger partial charge is 0.325 e. The second-order valence-electron chi connectivity index (χ2n) is 12.1. The van der Waals surface area contributed by atoms with Crippen molar-refractivity contribution in [3.63, 3.8) is 0 Å². The van der Waals surface area contributed by atoms with Crippen molar-refractivity contribution in [2.24, 2.45) is 9.98 Å². The predicted molar refractivity (Wildman–Crippen MR) is 207 cm³/mol. The van der Waals surface area contributed by atoms with Crippen molar-refractivity contribution in [3.8, 4) is 11.1 Å². The van der Waals surface area contributed by atoms with E-state index in [1.165, 1.54) is 0 Å². The second kappa shape index (κ2) is 16.1. The maximum absolute atomic E-state index is 6.48. The molecular formula is C43H40Cl2N4. The molecule has 0 aliphatic carbocycles. The lowest BCUT2D eigenvalue weighted by molar-refractivity contribution is 0.631. The Morgan fingerprint density at radius 1 is 0.755 bits per heavy atom. The second-order valence-corrected chi connectivity index (χ2v) is 12.8. The van der Waals surface area contributed by atoms with Crippen LogP contribution in [-0.4, -0.2) is 28.6 Å². The minimum atomic E-state index is -0.537. The number of alkyl halides is 1. The van der Waals surface area contributed by atoms with Gasteiger partial charge in [-0.1, -0.05) is 164 Å². The van der Waals surface area contributed by atoms with Crippen molar-refractivity contribution in [2.75, 3.05) is 6.54 Å². The van der Waals surface area contributed by atoms with Crippen LogP contribution in [0.3, 0.4) is 0 Å². The Morgan fingerprint density at radius 2 is 1.31 bits per heavy atom. The first-order valence-electron chi connectivity index (χ1n) is 16.7. The van der Waals surface area contributed by atoms with Gasteiger partial charge >= 0.3 is 0 Å². The van der Waals surface area contributed by atoms with Crippen LogP contribution in [0.4, 0.5) is 0 Å². The van der Waals surface area contributed by atoms with E-state index in [1.54, 1.807) is 0 Å². The van der Waals surface area contributed by atoms with E-state index in [9.17, 15) is 0 Å². The molecule has 0 amide bonds. The van der Waals surface area contributed by atoms with Crippen LogP contribution in [0.2, 0.25) is 5.15 Å². The number of hydrogen-bond acceptors (Lipinski definition) is 2. The summed E-state index contributed by atoms with van der Waals surface area (Å²) in [6.07, 6.45) is 3.01. The third-order valence-corrected chi connectivity index (χ3v) is 9.73. The number of unbranched alkanes of at least 4 members (excludes halogenated alkanes) is 1. The quantitative estimate of drug-likeness (QED) is 0.0517. The summed E-state index contributed by atoms with van der Waals surface area (Å²) in [5, 5.41) is 0.492. The summed E-state index contributed by atoms with van der Waals surface area (Å²) in [4.78, 5) is 14.4. The molecule has 0 bridgehead atoms. The zero-order chi connectivity index (χ0) is 34.1. The highest BCUT2D eigenvalue weighted by atomic mass is 35.5. The van der Waals surface area contributed by atoms with Gasteiger partial charge in [-0.25, -0.2) is 9.98 Å². The van der Waals surface area contributed by atoms with E-state index in [4.69, 9.17) is 28.2 Å². The SMILES string of the molecule is C=NC(=NCC(c1ccccc1)(c1ccccc1)c1ccccc1)c1ccccc1-c1ccc(Cn2c(CCCC)nc(Cl)c2CCl)cc1. The van der Waals surface area contributed by atoms with Gasteiger partial charge in [-0.3, -0.25) is 4.99 Å². The fourth-order valence-corrected chi connectivity index (χ4v) is 7.21. The number of rotatable bonds is 13. The van der Waals surface area contributed by atoms with Crippen LogP contribution in [0, 0.1) is 0 Å². The summed E-state index contributed by atoms with van der Waals surface area (Å²) >= 11 is 12.8. The Bertz CT molecular complexity index is 1900. The van der Waals surface area contributed by atoms with Gasteiger partial charge < -0.3 is 4.57 Å². The monoisotopic (exact) mass is 682 g/mol. The number of aliphatic imine (C=N–C) groups is 2. The fourth-order valence-electron chi connectivity index (χ4n) is 6.60. The van der Waals surface area contributed by atoms with Crippen molar-refractivity contribution in [1.29, 1.82) is 0 Å². The molecule has 0 spiro atoms. The number of aromatic nitrogens is 2. The van der Waals surface area contributed by atoms with Gasteiger partial charge in [0.2, 0.25) is 0 Å². The van der Waals surface area contributed by atoms with Crippen molar-refractivity contribution >= 4 is 35.8 Å². The Morgan fingerprint density at radius 3 is 1.84 bits per heavy atom. The lowest BCUT2D eigenvalue weighted by Crippen LogP contribution is -2.33. The van der Waals surface area contributed by atoms with Gasteiger partial charge in [-0.2, -0.15) is 0 Å². The smallest absolute Gasteiger partial charge is 0.154 e. The summed E-state index contributed by atoms with van der Waals surface area (Å²) in [6, 6.07) is 48.7. The molecule has 0 aliphatic heterocycles. The van der Waals surface area contributed by atoms with Crippen molar-refractivity contribution < 1.29 is 0 Å². The first kappa shape index (κ1) is 34.1. The number of imidazole rings is 1. The van der Waals surface area contributed by atoms with Crippen LogP contribution in [0.15, 0.2) is 150 Å². The van der Waals surface area contributed by atoms with E-state index < -0.39 is 5.41 Å². The average Bonchev–Trinajstić information content (AvgIpc) is 3.47. The lowest BCUT2D eigenvalue weighted by Gasteiger charge is -2.34. The van der Waals surface area contributed by atoms with Gasteiger partial charge in [-0.05, 0) is 46.5 Å². The number of benzene rings is 5. The third kappa shape index (κ3) is 7.32. The van der Waals surface area contributed by atoms with Crippen molar-refractivity contribution in [2.45, 2.75) is 44.0 Å². The number of nitrogens with zero attached hydrogens (tertiary/aromatic N) is 4. The molecule has 0 fully saturated rings. The van der Waals surface area contributed by atoms with E-state index in [2.05, 4.69) is 162 Å². The Kier molecular flexibility index (Phi) is 11.2. The number of hydrogen-bond donors (Lipinski definition) is 0. The molecule has 6 rings (SSSR count). The minimum Gasteiger partial charge on any atom is -0.325 e. The van der Waals surface area contributed by atoms with E-state index in [-0.39, 0.29) is 0 Å². The number of aryl methyl sites for hydroxylation is 1. The maximum atomic E-state index is 6.48. The summed E-state index contributed by atoms with van der Waals surface area (Å²) in [7, 11) is 0. The topological polar surface area (TPSA) is 42.5 Å². The molecule has 1 heterocycles. The zero-order valence-corrected chi connectivity index (χ0v) is 29.3. The molecule has 0 saturated heterocycles. The highest BCUT2D eigenvalue weighted by Gasteiger charge is 2.36.